The van der Waals surface area contributed by atoms with Crippen LogP contribution in [0.4, 0.5) is 0 Å². The number of hydrogen-bond donors (Lipinski definition) is 0. The van der Waals surface area contributed by atoms with E-state index in [-0.39, 0.29) is 5.41 Å². The van der Waals surface area contributed by atoms with Gasteiger partial charge in [-0.1, -0.05) is 39.3 Å². The Morgan fingerprint density at radius 3 is 2.30 bits per heavy atom. The molecule has 0 amide bonds. The van der Waals surface area contributed by atoms with Crippen LogP contribution in [0.3, 0.4) is 0 Å². The highest BCUT2D eigenvalue weighted by Gasteiger charge is 2.05. The SMILES string of the molecule is [CH2]C(C)(C)C/C=C/CCC. The summed E-state index contributed by atoms with van der Waals surface area (Å²) in [6.45, 7) is 10.5. The van der Waals surface area contributed by atoms with E-state index in [0.717, 1.165) is 6.42 Å². The Bertz CT molecular complexity index is 93.1. The van der Waals surface area contributed by atoms with Crippen LogP contribution in [0.15, 0.2) is 12.2 Å². The molecule has 0 bridgehead atoms. The highest BCUT2D eigenvalue weighted by atomic mass is 14.1. The maximum Gasteiger partial charge on any atom is -0.0299 e. The zero-order chi connectivity index (χ0) is 8.04. The first-order chi connectivity index (χ1) is 4.56. The summed E-state index contributed by atoms with van der Waals surface area (Å²) in [6, 6.07) is 0. The van der Waals surface area contributed by atoms with Crippen molar-refractivity contribution in [2.24, 2.45) is 5.41 Å². The Kier molecular flexibility index (Phi) is 4.42. The maximum absolute atomic E-state index is 4.02. The van der Waals surface area contributed by atoms with Crippen LogP contribution in [0, 0.1) is 12.3 Å². The quantitative estimate of drug-likeness (QED) is 0.522. The summed E-state index contributed by atoms with van der Waals surface area (Å²) in [7, 11) is 0. The van der Waals surface area contributed by atoms with Crippen LogP contribution in [0.1, 0.15) is 40.0 Å². The third kappa shape index (κ3) is 7.74. The lowest BCUT2D eigenvalue weighted by Crippen LogP contribution is -2.02. The van der Waals surface area contributed by atoms with E-state index >= 15 is 0 Å². The average Bonchev–Trinajstić information content (AvgIpc) is 1.78. The Hall–Kier alpha value is -0.260. The molecule has 0 unspecified atom stereocenters. The fourth-order valence-electron chi connectivity index (χ4n) is 0.687. The van der Waals surface area contributed by atoms with Gasteiger partial charge in [0.25, 0.3) is 0 Å². The van der Waals surface area contributed by atoms with Crippen molar-refractivity contribution in [3.05, 3.63) is 19.1 Å². The van der Waals surface area contributed by atoms with Crippen LogP contribution in [-0.4, -0.2) is 0 Å². The molecule has 0 heterocycles. The highest BCUT2D eigenvalue weighted by molar-refractivity contribution is 4.87. The van der Waals surface area contributed by atoms with Crippen LogP contribution >= 0.6 is 0 Å². The number of hydrogen-bond acceptors (Lipinski definition) is 0. The molecule has 0 aliphatic heterocycles. The lowest BCUT2D eigenvalue weighted by atomic mass is 9.92. The Labute approximate surface area is 65.3 Å². The predicted molar refractivity (Wildman–Crippen MR) is 47.8 cm³/mol. The summed E-state index contributed by atoms with van der Waals surface area (Å²) < 4.78 is 0. The summed E-state index contributed by atoms with van der Waals surface area (Å²) in [5.41, 5.74) is 0.213. The smallest absolute Gasteiger partial charge is 0.0299 e. The van der Waals surface area contributed by atoms with Gasteiger partial charge in [-0.15, -0.1) is 0 Å². The molecule has 0 spiro atoms. The summed E-state index contributed by atoms with van der Waals surface area (Å²) in [5, 5.41) is 0. The first-order valence-electron chi connectivity index (χ1n) is 4.06. The van der Waals surface area contributed by atoms with Gasteiger partial charge in [-0.3, -0.25) is 0 Å². The van der Waals surface area contributed by atoms with Gasteiger partial charge < -0.3 is 0 Å². The maximum atomic E-state index is 4.02. The van der Waals surface area contributed by atoms with Gasteiger partial charge in [0.1, 0.15) is 0 Å². The lowest BCUT2D eigenvalue weighted by molar-refractivity contribution is 0.483. The van der Waals surface area contributed by atoms with E-state index in [9.17, 15) is 0 Å². The molecule has 0 aliphatic rings. The fraction of sp³-hybridized carbons (Fsp3) is 0.700. The molecule has 0 rings (SSSR count). The summed E-state index contributed by atoms with van der Waals surface area (Å²) in [4.78, 5) is 0. The monoisotopic (exact) mass is 139 g/mol. The van der Waals surface area contributed by atoms with Gasteiger partial charge in [0.05, 0.1) is 0 Å². The molecule has 59 valence electrons. The lowest BCUT2D eigenvalue weighted by Gasteiger charge is -2.13. The molecule has 0 heteroatoms. The Morgan fingerprint density at radius 2 is 1.90 bits per heavy atom. The van der Waals surface area contributed by atoms with Gasteiger partial charge in [0, 0.05) is 0 Å². The minimum absolute atomic E-state index is 0.213. The molecule has 0 atom stereocenters. The second kappa shape index (κ2) is 4.54. The molecule has 1 radical (unpaired) electrons. The van der Waals surface area contributed by atoms with E-state index in [2.05, 4.69) is 39.8 Å². The third-order valence-electron chi connectivity index (χ3n) is 1.29. The Balaban J connectivity index is 3.34. The molecule has 0 aromatic rings. The second-order valence-corrected chi connectivity index (χ2v) is 3.63. The zero-order valence-electron chi connectivity index (χ0n) is 7.48. The van der Waals surface area contributed by atoms with Crippen LogP contribution in [-0.2, 0) is 0 Å². The molecular formula is C10H19. The summed E-state index contributed by atoms with van der Waals surface area (Å²) in [6.07, 6.45) is 8.01. The molecule has 0 aromatic carbocycles. The first-order valence-corrected chi connectivity index (χ1v) is 4.06. The minimum Gasteiger partial charge on any atom is -0.0885 e. The fourth-order valence-corrected chi connectivity index (χ4v) is 0.687. The van der Waals surface area contributed by atoms with Gasteiger partial charge in [0.2, 0.25) is 0 Å². The van der Waals surface area contributed by atoms with Crippen LogP contribution < -0.4 is 0 Å². The molecule has 0 nitrogen and oxygen atoms in total. The van der Waals surface area contributed by atoms with E-state index in [0.29, 0.717) is 0 Å². The topological polar surface area (TPSA) is 0 Å². The molecule has 0 fully saturated rings. The number of allylic oxidation sites excluding steroid dienone is 2. The molecule has 0 N–H and O–H groups in total. The van der Waals surface area contributed by atoms with E-state index in [1.807, 2.05) is 0 Å². The van der Waals surface area contributed by atoms with E-state index in [4.69, 9.17) is 0 Å². The predicted octanol–water partition coefficient (Wildman–Crippen LogP) is 3.59. The van der Waals surface area contributed by atoms with Crippen molar-refractivity contribution in [3.63, 3.8) is 0 Å². The zero-order valence-corrected chi connectivity index (χ0v) is 7.48. The van der Waals surface area contributed by atoms with Crippen LogP contribution in [0.5, 0.6) is 0 Å². The first kappa shape index (κ1) is 9.74. The molecule has 0 aliphatic carbocycles. The van der Waals surface area contributed by atoms with Crippen molar-refractivity contribution in [1.29, 1.82) is 0 Å². The Morgan fingerprint density at radius 1 is 1.30 bits per heavy atom. The normalized spacial score (nSPS) is 12.8. The van der Waals surface area contributed by atoms with E-state index < -0.39 is 0 Å². The second-order valence-electron chi connectivity index (χ2n) is 3.63. The average molecular weight is 139 g/mol. The number of unbranched alkanes of at least 4 members (excludes halogenated alkanes) is 1. The summed E-state index contributed by atoms with van der Waals surface area (Å²) >= 11 is 0. The third-order valence-corrected chi connectivity index (χ3v) is 1.29. The van der Waals surface area contributed by atoms with Crippen LogP contribution in [0.2, 0.25) is 0 Å². The van der Waals surface area contributed by atoms with Gasteiger partial charge in [-0.2, -0.15) is 0 Å². The van der Waals surface area contributed by atoms with Gasteiger partial charge in [-0.25, -0.2) is 0 Å². The molecule has 10 heavy (non-hydrogen) atoms. The van der Waals surface area contributed by atoms with Crippen molar-refractivity contribution < 1.29 is 0 Å². The van der Waals surface area contributed by atoms with E-state index in [1.54, 1.807) is 0 Å². The molecule has 0 aromatic heterocycles. The molecule has 0 saturated carbocycles. The van der Waals surface area contributed by atoms with Gasteiger partial charge in [0.15, 0.2) is 0 Å². The van der Waals surface area contributed by atoms with E-state index in [1.165, 1.54) is 12.8 Å². The highest BCUT2D eigenvalue weighted by Crippen LogP contribution is 2.18. The van der Waals surface area contributed by atoms with Crippen molar-refractivity contribution >= 4 is 0 Å². The molecular weight excluding hydrogens is 120 g/mol. The van der Waals surface area contributed by atoms with Crippen LogP contribution in [0.25, 0.3) is 0 Å². The van der Waals surface area contributed by atoms with Crippen molar-refractivity contribution in [3.8, 4) is 0 Å². The summed E-state index contributed by atoms with van der Waals surface area (Å²) in [5.74, 6) is 0. The van der Waals surface area contributed by atoms with Gasteiger partial charge >= 0.3 is 0 Å². The molecule has 0 saturated heterocycles. The standard InChI is InChI=1S/C10H19/c1-5-6-7-8-9-10(2,3)4/h7-8H,2,5-6,9H2,1,3-4H3/b8-7+. The van der Waals surface area contributed by atoms with Crippen molar-refractivity contribution in [1.82, 2.24) is 0 Å². The number of rotatable bonds is 4. The largest absolute Gasteiger partial charge is 0.0885 e. The van der Waals surface area contributed by atoms with Gasteiger partial charge in [-0.05, 0) is 25.2 Å². The minimum atomic E-state index is 0.213. The van der Waals surface area contributed by atoms with Crippen molar-refractivity contribution in [2.75, 3.05) is 0 Å². The van der Waals surface area contributed by atoms with Crippen molar-refractivity contribution in [2.45, 2.75) is 40.0 Å².